The molecule has 1 heterocycles. The first-order valence-corrected chi connectivity index (χ1v) is 9.90. The van der Waals surface area contributed by atoms with Crippen LogP contribution in [0.15, 0.2) is 30.3 Å². The van der Waals surface area contributed by atoms with Gasteiger partial charge in [0.05, 0.1) is 6.61 Å². The number of nitrogens with two attached hydrogens (primary N) is 2. The number of anilines is 1. The number of quaternary nitrogens is 1. The van der Waals surface area contributed by atoms with Crippen molar-refractivity contribution in [3.05, 3.63) is 51.9 Å². The van der Waals surface area contributed by atoms with Gasteiger partial charge in [0.15, 0.2) is 0 Å². The van der Waals surface area contributed by atoms with Crippen molar-refractivity contribution < 1.29 is 19.6 Å². The number of esters is 1. The largest absolute Gasteiger partial charge is 0.462 e. The summed E-state index contributed by atoms with van der Waals surface area (Å²) in [6.07, 6.45) is 0. The fourth-order valence-corrected chi connectivity index (χ4v) is 4.15. The molecule has 0 bridgehead atoms. The minimum absolute atomic E-state index is 0.194. The van der Waals surface area contributed by atoms with Crippen molar-refractivity contribution >= 4 is 28.2 Å². The van der Waals surface area contributed by atoms with Crippen molar-refractivity contribution in [2.45, 2.75) is 33.4 Å². The Bertz CT molecular complexity index is 787. The Labute approximate surface area is 164 Å². The Morgan fingerprint density at radius 1 is 1.26 bits per heavy atom. The zero-order valence-corrected chi connectivity index (χ0v) is 17.1. The lowest BCUT2D eigenvalue weighted by molar-refractivity contribution is -0.717. The van der Waals surface area contributed by atoms with E-state index < -0.39 is 5.97 Å². The average Bonchev–Trinajstić information content (AvgIpc) is 2.98. The number of nitrogens with one attached hydrogen (secondary N) is 1. The molecule has 1 amide bonds. The number of carbonyl (C=O) groups is 2. The molecule has 0 saturated carbocycles. The van der Waals surface area contributed by atoms with E-state index >= 15 is 0 Å². The number of ether oxygens (including phenoxy) is 1. The standard InChI is InChI=1S/C20H27N3O3S/c1-5-26-20(25)15-14(17(19(24)22-4)27-18(15)21)11-23-16(12(2)3)13-9-7-6-8-10-13/h6-10,12,16,23H,5,11,21H2,1-4H3,(H,22,24)/p+1/t16-/m0/s1. The molecular formula is C20H28N3O3S+. The van der Waals surface area contributed by atoms with Gasteiger partial charge in [-0.05, 0) is 6.92 Å². The van der Waals surface area contributed by atoms with Crippen molar-refractivity contribution in [1.29, 1.82) is 0 Å². The zero-order chi connectivity index (χ0) is 20.0. The number of benzene rings is 1. The summed E-state index contributed by atoms with van der Waals surface area (Å²) in [6, 6.07) is 10.4. The van der Waals surface area contributed by atoms with Gasteiger partial charge in [0.25, 0.3) is 5.91 Å². The van der Waals surface area contributed by atoms with E-state index in [1.54, 1.807) is 14.0 Å². The Morgan fingerprint density at radius 3 is 2.48 bits per heavy atom. The highest BCUT2D eigenvalue weighted by Crippen LogP contribution is 2.31. The van der Waals surface area contributed by atoms with Crippen molar-refractivity contribution in [3.63, 3.8) is 0 Å². The maximum absolute atomic E-state index is 12.4. The summed E-state index contributed by atoms with van der Waals surface area (Å²) >= 11 is 1.13. The van der Waals surface area contributed by atoms with Crippen LogP contribution in [-0.4, -0.2) is 25.5 Å². The second-order valence-electron chi connectivity index (χ2n) is 6.57. The van der Waals surface area contributed by atoms with Gasteiger partial charge in [-0.25, -0.2) is 4.79 Å². The van der Waals surface area contributed by atoms with Crippen molar-refractivity contribution in [3.8, 4) is 0 Å². The molecule has 0 unspecified atom stereocenters. The number of nitrogen functional groups attached to an aromatic ring is 1. The fraction of sp³-hybridized carbons (Fsp3) is 0.400. The molecule has 0 aliphatic rings. The highest BCUT2D eigenvalue weighted by atomic mass is 32.1. The summed E-state index contributed by atoms with van der Waals surface area (Å²) in [5.74, 6) is -0.352. The molecule has 0 aliphatic carbocycles. The molecule has 1 aromatic carbocycles. The van der Waals surface area contributed by atoms with Crippen LogP contribution < -0.4 is 16.4 Å². The highest BCUT2D eigenvalue weighted by molar-refractivity contribution is 7.18. The minimum atomic E-state index is -0.481. The SMILES string of the molecule is CCOC(=O)c1c(N)sc(C(=O)NC)c1C[NH2+][C@H](c1ccccc1)C(C)C. The molecule has 6 nitrogen and oxygen atoms in total. The molecule has 5 N–H and O–H groups in total. The van der Waals surface area contributed by atoms with Gasteiger partial charge in [-0.15, -0.1) is 11.3 Å². The number of thiophene rings is 1. The van der Waals surface area contributed by atoms with Gasteiger partial charge < -0.3 is 21.1 Å². The Hall–Kier alpha value is -2.38. The van der Waals surface area contributed by atoms with E-state index in [0.717, 1.165) is 11.3 Å². The summed E-state index contributed by atoms with van der Waals surface area (Å²) in [6.45, 7) is 6.77. The molecule has 146 valence electrons. The van der Waals surface area contributed by atoms with Gasteiger partial charge in [-0.2, -0.15) is 0 Å². The highest BCUT2D eigenvalue weighted by Gasteiger charge is 2.29. The molecule has 0 radical (unpaired) electrons. The number of carbonyl (C=O) groups excluding carboxylic acids is 2. The smallest absolute Gasteiger partial charge is 0.341 e. The molecular weight excluding hydrogens is 362 g/mol. The van der Waals surface area contributed by atoms with E-state index in [2.05, 4.69) is 36.6 Å². The molecule has 0 spiro atoms. The van der Waals surface area contributed by atoms with Crippen LogP contribution in [0, 0.1) is 5.92 Å². The summed E-state index contributed by atoms with van der Waals surface area (Å²) in [5, 5.41) is 5.09. The topological polar surface area (TPSA) is 98.0 Å². The van der Waals surface area contributed by atoms with Crippen molar-refractivity contribution in [2.75, 3.05) is 19.4 Å². The predicted octanol–water partition coefficient (Wildman–Crippen LogP) is 2.33. The van der Waals surface area contributed by atoms with Crippen LogP contribution in [0.3, 0.4) is 0 Å². The monoisotopic (exact) mass is 390 g/mol. The van der Waals surface area contributed by atoms with Crippen LogP contribution in [0.25, 0.3) is 0 Å². The van der Waals surface area contributed by atoms with E-state index in [-0.39, 0.29) is 18.6 Å². The van der Waals surface area contributed by atoms with E-state index in [4.69, 9.17) is 10.5 Å². The number of hydrogen-bond donors (Lipinski definition) is 3. The van der Waals surface area contributed by atoms with Crippen LogP contribution >= 0.6 is 11.3 Å². The lowest BCUT2D eigenvalue weighted by atomic mass is 9.95. The predicted molar refractivity (Wildman–Crippen MR) is 108 cm³/mol. The summed E-state index contributed by atoms with van der Waals surface area (Å²) < 4.78 is 5.16. The van der Waals surface area contributed by atoms with Crippen LogP contribution in [-0.2, 0) is 11.3 Å². The van der Waals surface area contributed by atoms with Gasteiger partial charge >= 0.3 is 5.97 Å². The fourth-order valence-electron chi connectivity index (χ4n) is 3.12. The first-order chi connectivity index (χ1) is 12.9. The number of hydrogen-bond acceptors (Lipinski definition) is 5. The number of rotatable bonds is 8. The average molecular weight is 391 g/mol. The molecule has 2 rings (SSSR count). The normalized spacial score (nSPS) is 12.0. The van der Waals surface area contributed by atoms with E-state index in [9.17, 15) is 9.59 Å². The van der Waals surface area contributed by atoms with Crippen molar-refractivity contribution in [2.24, 2.45) is 5.92 Å². The van der Waals surface area contributed by atoms with Gasteiger partial charge in [-0.3, -0.25) is 4.79 Å². The van der Waals surface area contributed by atoms with Gasteiger partial charge in [0.1, 0.15) is 28.0 Å². The molecule has 0 aliphatic heterocycles. The first kappa shape index (κ1) is 20.9. The molecule has 0 fully saturated rings. The Kier molecular flexibility index (Phi) is 7.38. The van der Waals surface area contributed by atoms with Crippen LogP contribution in [0.5, 0.6) is 0 Å². The zero-order valence-electron chi connectivity index (χ0n) is 16.2. The molecule has 27 heavy (non-hydrogen) atoms. The summed E-state index contributed by atoms with van der Waals surface area (Å²) in [7, 11) is 1.57. The lowest BCUT2D eigenvalue weighted by Gasteiger charge is -2.20. The van der Waals surface area contributed by atoms with E-state index in [1.165, 1.54) is 5.56 Å². The second kappa shape index (κ2) is 9.53. The second-order valence-corrected chi connectivity index (χ2v) is 7.62. The minimum Gasteiger partial charge on any atom is -0.462 e. The van der Waals surface area contributed by atoms with Crippen molar-refractivity contribution in [1.82, 2.24) is 5.32 Å². The quantitative estimate of drug-likeness (QED) is 0.603. The summed E-state index contributed by atoms with van der Waals surface area (Å²) in [5.41, 5.74) is 8.22. The molecule has 2 aromatic rings. The molecule has 7 heteroatoms. The maximum Gasteiger partial charge on any atom is 0.341 e. The van der Waals surface area contributed by atoms with E-state index in [0.29, 0.717) is 33.5 Å². The maximum atomic E-state index is 12.4. The lowest BCUT2D eigenvalue weighted by Crippen LogP contribution is -2.85. The third-order valence-corrected chi connectivity index (χ3v) is 5.49. The Morgan fingerprint density at radius 2 is 1.93 bits per heavy atom. The Balaban J connectivity index is 2.37. The molecule has 0 saturated heterocycles. The third kappa shape index (κ3) is 4.87. The van der Waals surface area contributed by atoms with Gasteiger partial charge in [-0.1, -0.05) is 44.2 Å². The third-order valence-electron chi connectivity index (χ3n) is 4.43. The number of amides is 1. The van der Waals surface area contributed by atoms with Crippen LogP contribution in [0.1, 0.15) is 58.0 Å². The summed E-state index contributed by atoms with van der Waals surface area (Å²) in [4.78, 5) is 25.2. The van der Waals surface area contributed by atoms with Gasteiger partial charge in [0, 0.05) is 24.1 Å². The first-order valence-electron chi connectivity index (χ1n) is 9.09. The van der Waals surface area contributed by atoms with Gasteiger partial charge in [0.2, 0.25) is 0 Å². The van der Waals surface area contributed by atoms with Crippen LogP contribution in [0.2, 0.25) is 0 Å². The molecule has 1 aromatic heterocycles. The van der Waals surface area contributed by atoms with E-state index in [1.807, 2.05) is 18.2 Å². The van der Waals surface area contributed by atoms with Crippen LogP contribution in [0.4, 0.5) is 5.00 Å². The molecule has 1 atom stereocenters.